The van der Waals surface area contributed by atoms with Gasteiger partial charge in [-0.15, -0.1) is 0 Å². The van der Waals surface area contributed by atoms with Gasteiger partial charge in [-0.05, 0) is 18.6 Å². The maximum atomic E-state index is 9.09. The molecule has 0 fully saturated rings. The molecule has 0 saturated heterocycles. The van der Waals surface area contributed by atoms with Gasteiger partial charge in [-0.3, -0.25) is 4.98 Å². The van der Waals surface area contributed by atoms with Crippen LogP contribution < -0.4 is 5.32 Å². The standard InChI is InChI=1S/C14H18N2O/c1-2-12(10-17)15-9-13-8-7-11-5-3-4-6-14(11)16-13/h3-8,12,15,17H,2,9-10H2,1H3/t12-/m0/s1. The van der Waals surface area contributed by atoms with Crippen LogP contribution in [-0.2, 0) is 6.54 Å². The van der Waals surface area contributed by atoms with E-state index in [2.05, 4.69) is 29.4 Å². The summed E-state index contributed by atoms with van der Waals surface area (Å²) in [6, 6.07) is 12.3. The summed E-state index contributed by atoms with van der Waals surface area (Å²) in [5.41, 5.74) is 2.03. The Balaban J connectivity index is 2.09. The molecule has 0 aliphatic carbocycles. The number of hydrogen-bond acceptors (Lipinski definition) is 3. The Kier molecular flexibility index (Phi) is 4.07. The van der Waals surface area contributed by atoms with E-state index in [1.165, 1.54) is 0 Å². The van der Waals surface area contributed by atoms with Crippen LogP contribution in [0.1, 0.15) is 19.0 Å². The number of nitrogens with one attached hydrogen (secondary N) is 1. The van der Waals surface area contributed by atoms with Crippen LogP contribution in [0, 0.1) is 0 Å². The number of aliphatic hydroxyl groups is 1. The van der Waals surface area contributed by atoms with Gasteiger partial charge in [-0.1, -0.05) is 31.2 Å². The maximum Gasteiger partial charge on any atom is 0.0705 e. The van der Waals surface area contributed by atoms with Crippen molar-refractivity contribution in [3.8, 4) is 0 Å². The minimum absolute atomic E-state index is 0.156. The molecule has 1 atom stereocenters. The molecule has 1 aromatic carbocycles. The number of aromatic nitrogens is 1. The summed E-state index contributed by atoms with van der Waals surface area (Å²) in [7, 11) is 0. The lowest BCUT2D eigenvalue weighted by Gasteiger charge is -2.13. The third kappa shape index (κ3) is 3.02. The first kappa shape index (κ1) is 12.0. The molecule has 0 bridgehead atoms. The van der Waals surface area contributed by atoms with Crippen molar-refractivity contribution < 1.29 is 5.11 Å². The van der Waals surface area contributed by atoms with Crippen molar-refractivity contribution >= 4 is 10.9 Å². The Morgan fingerprint density at radius 2 is 2.06 bits per heavy atom. The number of aliphatic hydroxyl groups excluding tert-OH is 1. The highest BCUT2D eigenvalue weighted by Crippen LogP contribution is 2.11. The molecule has 0 aliphatic rings. The number of nitrogens with zero attached hydrogens (tertiary/aromatic N) is 1. The zero-order chi connectivity index (χ0) is 12.1. The average Bonchev–Trinajstić information content (AvgIpc) is 2.40. The molecule has 1 heterocycles. The minimum atomic E-state index is 0.156. The van der Waals surface area contributed by atoms with Crippen LogP contribution in [0.15, 0.2) is 36.4 Å². The average molecular weight is 230 g/mol. The Morgan fingerprint density at radius 1 is 1.24 bits per heavy atom. The molecule has 1 aromatic heterocycles. The molecule has 3 nitrogen and oxygen atoms in total. The molecule has 2 rings (SSSR count). The number of rotatable bonds is 5. The van der Waals surface area contributed by atoms with E-state index in [0.717, 1.165) is 23.0 Å². The SMILES string of the molecule is CC[C@@H](CO)NCc1ccc2ccccc2n1. The smallest absolute Gasteiger partial charge is 0.0705 e. The summed E-state index contributed by atoms with van der Waals surface area (Å²) in [5.74, 6) is 0. The third-order valence-electron chi connectivity index (χ3n) is 2.94. The molecular formula is C14H18N2O. The fourth-order valence-electron chi connectivity index (χ4n) is 1.79. The van der Waals surface area contributed by atoms with Gasteiger partial charge in [-0.2, -0.15) is 0 Å². The Labute approximate surface area is 102 Å². The number of benzene rings is 1. The highest BCUT2D eigenvalue weighted by Gasteiger charge is 2.04. The van der Waals surface area contributed by atoms with Crippen LogP contribution in [0.4, 0.5) is 0 Å². The quantitative estimate of drug-likeness (QED) is 0.826. The van der Waals surface area contributed by atoms with Crippen LogP contribution in [0.3, 0.4) is 0 Å². The summed E-state index contributed by atoms with van der Waals surface area (Å²) in [6.07, 6.45) is 0.921. The van der Waals surface area contributed by atoms with E-state index >= 15 is 0 Å². The zero-order valence-corrected chi connectivity index (χ0v) is 10.1. The van der Waals surface area contributed by atoms with E-state index in [-0.39, 0.29) is 12.6 Å². The van der Waals surface area contributed by atoms with Gasteiger partial charge in [-0.25, -0.2) is 0 Å². The first-order valence-corrected chi connectivity index (χ1v) is 6.02. The fourth-order valence-corrected chi connectivity index (χ4v) is 1.79. The normalized spacial score (nSPS) is 12.8. The predicted molar refractivity (Wildman–Crippen MR) is 69.7 cm³/mol. The van der Waals surface area contributed by atoms with Crippen LogP contribution in [-0.4, -0.2) is 22.7 Å². The van der Waals surface area contributed by atoms with Crippen LogP contribution in [0.2, 0.25) is 0 Å². The number of para-hydroxylation sites is 1. The Hall–Kier alpha value is -1.45. The summed E-state index contributed by atoms with van der Waals surface area (Å²) >= 11 is 0. The summed E-state index contributed by atoms with van der Waals surface area (Å²) in [4.78, 5) is 4.57. The van der Waals surface area contributed by atoms with E-state index in [1.54, 1.807) is 0 Å². The Morgan fingerprint density at radius 3 is 2.82 bits per heavy atom. The molecular weight excluding hydrogens is 212 g/mol. The monoisotopic (exact) mass is 230 g/mol. The van der Waals surface area contributed by atoms with Crippen molar-refractivity contribution in [1.29, 1.82) is 0 Å². The second kappa shape index (κ2) is 5.75. The highest BCUT2D eigenvalue weighted by molar-refractivity contribution is 5.78. The summed E-state index contributed by atoms with van der Waals surface area (Å²) in [6.45, 7) is 2.93. The van der Waals surface area contributed by atoms with Crippen LogP contribution in [0.25, 0.3) is 10.9 Å². The zero-order valence-electron chi connectivity index (χ0n) is 10.1. The lowest BCUT2D eigenvalue weighted by atomic mass is 10.2. The molecule has 17 heavy (non-hydrogen) atoms. The molecule has 0 saturated carbocycles. The van der Waals surface area contributed by atoms with Crippen molar-refractivity contribution in [2.75, 3.05) is 6.61 Å². The number of fused-ring (bicyclic) bond motifs is 1. The largest absolute Gasteiger partial charge is 0.395 e. The second-order valence-electron chi connectivity index (χ2n) is 4.16. The third-order valence-corrected chi connectivity index (χ3v) is 2.94. The van der Waals surface area contributed by atoms with Crippen molar-refractivity contribution in [2.45, 2.75) is 25.9 Å². The predicted octanol–water partition coefficient (Wildman–Crippen LogP) is 2.10. The van der Waals surface area contributed by atoms with Crippen molar-refractivity contribution in [1.82, 2.24) is 10.3 Å². The van der Waals surface area contributed by atoms with E-state index in [0.29, 0.717) is 6.54 Å². The second-order valence-corrected chi connectivity index (χ2v) is 4.16. The van der Waals surface area contributed by atoms with Gasteiger partial charge in [0, 0.05) is 18.0 Å². The maximum absolute atomic E-state index is 9.09. The lowest BCUT2D eigenvalue weighted by Crippen LogP contribution is -2.31. The lowest BCUT2D eigenvalue weighted by molar-refractivity contribution is 0.238. The van der Waals surface area contributed by atoms with E-state index in [9.17, 15) is 0 Å². The van der Waals surface area contributed by atoms with Crippen molar-refractivity contribution in [3.63, 3.8) is 0 Å². The first-order chi connectivity index (χ1) is 8.33. The van der Waals surface area contributed by atoms with Crippen molar-refractivity contribution in [3.05, 3.63) is 42.1 Å². The molecule has 2 aromatic rings. The van der Waals surface area contributed by atoms with Gasteiger partial charge in [0.15, 0.2) is 0 Å². The molecule has 0 aliphatic heterocycles. The van der Waals surface area contributed by atoms with Gasteiger partial charge in [0.25, 0.3) is 0 Å². The number of pyridine rings is 1. The molecule has 3 heteroatoms. The van der Waals surface area contributed by atoms with Gasteiger partial charge in [0.05, 0.1) is 17.8 Å². The van der Waals surface area contributed by atoms with E-state index in [4.69, 9.17) is 5.11 Å². The van der Waals surface area contributed by atoms with Gasteiger partial charge < -0.3 is 10.4 Å². The molecule has 0 spiro atoms. The van der Waals surface area contributed by atoms with E-state index < -0.39 is 0 Å². The highest BCUT2D eigenvalue weighted by atomic mass is 16.3. The van der Waals surface area contributed by atoms with Gasteiger partial charge in [0.1, 0.15) is 0 Å². The molecule has 0 amide bonds. The van der Waals surface area contributed by atoms with Crippen LogP contribution in [0.5, 0.6) is 0 Å². The first-order valence-electron chi connectivity index (χ1n) is 6.02. The van der Waals surface area contributed by atoms with Crippen LogP contribution >= 0.6 is 0 Å². The Bertz CT molecular complexity index is 480. The topological polar surface area (TPSA) is 45.1 Å². The minimum Gasteiger partial charge on any atom is -0.395 e. The fraction of sp³-hybridized carbons (Fsp3) is 0.357. The van der Waals surface area contributed by atoms with Gasteiger partial charge >= 0.3 is 0 Å². The molecule has 0 unspecified atom stereocenters. The summed E-state index contributed by atoms with van der Waals surface area (Å²) < 4.78 is 0. The molecule has 2 N–H and O–H groups in total. The molecule has 0 radical (unpaired) electrons. The van der Waals surface area contributed by atoms with Crippen molar-refractivity contribution in [2.24, 2.45) is 0 Å². The van der Waals surface area contributed by atoms with Gasteiger partial charge in [0.2, 0.25) is 0 Å². The van der Waals surface area contributed by atoms with E-state index in [1.807, 2.05) is 24.3 Å². The molecule has 90 valence electrons. The summed E-state index contributed by atoms with van der Waals surface area (Å²) in [5, 5.41) is 13.5. The number of hydrogen-bond donors (Lipinski definition) is 2.